The Bertz CT molecular complexity index is 884. The van der Waals surface area contributed by atoms with Gasteiger partial charge in [-0.15, -0.1) is 0 Å². The molecular formula is C48H93N3O4S. The topological polar surface area (TPSA) is 71.1 Å². The number of hydrogen-bond acceptors (Lipinski definition) is 6. The molecule has 7 nitrogen and oxygen atoms in total. The highest BCUT2D eigenvalue weighted by molar-refractivity contribution is 7.80. The van der Waals surface area contributed by atoms with Gasteiger partial charge < -0.3 is 24.6 Å². The number of carbonyl (C=O) groups excluding carboxylic acids is 2. The molecule has 0 spiro atoms. The first-order valence-electron chi connectivity index (χ1n) is 24.5. The molecule has 1 fully saturated rings. The van der Waals surface area contributed by atoms with Crippen molar-refractivity contribution in [3.63, 3.8) is 0 Å². The number of carbonyl (C=O) groups is 2. The number of nitrogens with one attached hydrogen (secondary N) is 1. The third-order valence-electron chi connectivity index (χ3n) is 12.1. The van der Waals surface area contributed by atoms with E-state index in [-0.39, 0.29) is 23.8 Å². The SMILES string of the molecule is CCCCCCCCC(CCCCCC)C(=O)OCCCN(CCCOC(=O)C(CCCCCC)CCCCCCCC)C(=S)NCCCN1CCCCC1C. The van der Waals surface area contributed by atoms with Crippen LogP contribution in [-0.2, 0) is 19.1 Å². The average Bonchev–Trinajstić information content (AvgIpc) is 3.20. The molecule has 3 unspecified atom stereocenters. The first-order chi connectivity index (χ1) is 27.4. The molecule has 1 N–H and O–H groups in total. The Balaban J connectivity index is 2.71. The van der Waals surface area contributed by atoms with Gasteiger partial charge in [0, 0.05) is 32.2 Å². The van der Waals surface area contributed by atoms with Crippen molar-refractivity contribution in [2.24, 2.45) is 11.8 Å². The highest BCUT2D eigenvalue weighted by Gasteiger charge is 2.22. The van der Waals surface area contributed by atoms with Gasteiger partial charge in [-0.1, -0.05) is 163 Å². The number of thiocarbonyl (C=S) groups is 1. The third kappa shape index (κ3) is 28.1. The molecule has 1 heterocycles. The second-order valence-electron chi connectivity index (χ2n) is 17.2. The molecule has 1 aliphatic rings. The highest BCUT2D eigenvalue weighted by Crippen LogP contribution is 2.22. The van der Waals surface area contributed by atoms with Crippen LogP contribution in [-0.4, -0.2) is 78.8 Å². The van der Waals surface area contributed by atoms with E-state index in [0.717, 1.165) is 88.8 Å². The van der Waals surface area contributed by atoms with E-state index in [2.05, 4.69) is 49.7 Å². The number of esters is 2. The molecule has 0 amide bonds. The lowest BCUT2D eigenvalue weighted by Gasteiger charge is -2.33. The number of unbranched alkanes of at least 4 members (excludes halogenated alkanes) is 16. The number of piperidine rings is 1. The summed E-state index contributed by atoms with van der Waals surface area (Å²) in [5.41, 5.74) is 0. The van der Waals surface area contributed by atoms with E-state index in [4.69, 9.17) is 21.7 Å². The van der Waals surface area contributed by atoms with Crippen LogP contribution >= 0.6 is 12.2 Å². The zero-order valence-corrected chi connectivity index (χ0v) is 38.6. The van der Waals surface area contributed by atoms with Crippen molar-refractivity contribution in [1.29, 1.82) is 0 Å². The summed E-state index contributed by atoms with van der Waals surface area (Å²) in [6, 6.07) is 0.668. The maximum Gasteiger partial charge on any atom is 0.308 e. The van der Waals surface area contributed by atoms with Crippen LogP contribution in [0.15, 0.2) is 0 Å². The number of likely N-dealkylation sites (tertiary alicyclic amines) is 1. The summed E-state index contributed by atoms with van der Waals surface area (Å²) in [7, 11) is 0. The largest absolute Gasteiger partial charge is 0.465 e. The van der Waals surface area contributed by atoms with Gasteiger partial charge >= 0.3 is 11.9 Å². The van der Waals surface area contributed by atoms with Gasteiger partial charge in [0.25, 0.3) is 0 Å². The van der Waals surface area contributed by atoms with Gasteiger partial charge in [0.2, 0.25) is 0 Å². The first-order valence-corrected chi connectivity index (χ1v) is 24.9. The van der Waals surface area contributed by atoms with Crippen LogP contribution in [0.25, 0.3) is 0 Å². The zero-order chi connectivity index (χ0) is 40.9. The van der Waals surface area contributed by atoms with E-state index in [1.807, 2.05) is 0 Å². The lowest BCUT2D eigenvalue weighted by atomic mass is 9.94. The normalized spacial score (nSPS) is 15.7. The smallest absolute Gasteiger partial charge is 0.308 e. The number of rotatable bonds is 38. The molecule has 0 saturated carbocycles. The van der Waals surface area contributed by atoms with Gasteiger partial charge in [0.05, 0.1) is 25.0 Å². The van der Waals surface area contributed by atoms with Crippen molar-refractivity contribution in [3.8, 4) is 0 Å². The summed E-state index contributed by atoms with van der Waals surface area (Å²) in [6.07, 6.45) is 34.7. The van der Waals surface area contributed by atoms with Crippen molar-refractivity contribution in [2.75, 3.05) is 45.9 Å². The Hall–Kier alpha value is -1.41. The molecule has 1 saturated heterocycles. The molecule has 56 heavy (non-hydrogen) atoms. The van der Waals surface area contributed by atoms with E-state index in [1.54, 1.807) is 0 Å². The van der Waals surface area contributed by atoms with Crippen molar-refractivity contribution >= 4 is 29.3 Å². The van der Waals surface area contributed by atoms with Crippen LogP contribution in [0.5, 0.6) is 0 Å². The summed E-state index contributed by atoms with van der Waals surface area (Å²) in [6.45, 7) is 16.7. The summed E-state index contributed by atoms with van der Waals surface area (Å²) in [4.78, 5) is 31.4. The summed E-state index contributed by atoms with van der Waals surface area (Å²) in [5.74, 6) is 0.0224. The van der Waals surface area contributed by atoms with Crippen LogP contribution in [0.1, 0.15) is 227 Å². The number of nitrogens with zero attached hydrogens (tertiary/aromatic N) is 2. The Morgan fingerprint density at radius 2 is 1.02 bits per heavy atom. The van der Waals surface area contributed by atoms with E-state index in [1.165, 1.54) is 129 Å². The van der Waals surface area contributed by atoms with Gasteiger partial charge in [-0.25, -0.2) is 0 Å². The lowest BCUT2D eigenvalue weighted by molar-refractivity contribution is -0.150. The van der Waals surface area contributed by atoms with Gasteiger partial charge in [-0.05, 0) is 83.5 Å². The molecule has 0 aliphatic carbocycles. The highest BCUT2D eigenvalue weighted by atomic mass is 32.1. The quantitative estimate of drug-likeness (QED) is 0.0376. The summed E-state index contributed by atoms with van der Waals surface area (Å²) in [5, 5.41) is 4.29. The second kappa shape index (κ2) is 37.8. The van der Waals surface area contributed by atoms with Crippen LogP contribution in [0.3, 0.4) is 0 Å². The predicted octanol–water partition coefficient (Wildman–Crippen LogP) is 13.0. The van der Waals surface area contributed by atoms with Crippen molar-refractivity contribution in [2.45, 2.75) is 233 Å². The van der Waals surface area contributed by atoms with E-state index in [0.29, 0.717) is 32.3 Å². The van der Waals surface area contributed by atoms with Gasteiger partial charge in [0.1, 0.15) is 0 Å². The Labute approximate surface area is 353 Å². The van der Waals surface area contributed by atoms with Crippen molar-refractivity contribution < 1.29 is 19.1 Å². The minimum atomic E-state index is -0.00799. The molecule has 1 aliphatic heterocycles. The average molecular weight is 808 g/mol. The van der Waals surface area contributed by atoms with Crippen molar-refractivity contribution in [1.82, 2.24) is 15.1 Å². The van der Waals surface area contributed by atoms with E-state index in [9.17, 15) is 9.59 Å². The fourth-order valence-corrected chi connectivity index (χ4v) is 8.51. The molecule has 3 atom stereocenters. The van der Waals surface area contributed by atoms with E-state index < -0.39 is 0 Å². The fraction of sp³-hybridized carbons (Fsp3) is 0.938. The molecule has 0 aromatic heterocycles. The summed E-state index contributed by atoms with van der Waals surface area (Å²) >= 11 is 5.95. The Kier molecular flexibility index (Phi) is 35.5. The first kappa shape index (κ1) is 52.6. The zero-order valence-electron chi connectivity index (χ0n) is 37.8. The van der Waals surface area contributed by atoms with Crippen LogP contribution in [0.4, 0.5) is 0 Å². The molecule has 8 heteroatoms. The van der Waals surface area contributed by atoms with Crippen molar-refractivity contribution in [3.05, 3.63) is 0 Å². The van der Waals surface area contributed by atoms with E-state index >= 15 is 0 Å². The van der Waals surface area contributed by atoms with Crippen LogP contribution < -0.4 is 5.32 Å². The third-order valence-corrected chi connectivity index (χ3v) is 12.5. The molecule has 1 rings (SSSR count). The maximum absolute atomic E-state index is 13.3. The minimum absolute atomic E-state index is 0.00799. The molecule has 0 bridgehead atoms. The molecule has 0 aromatic rings. The maximum atomic E-state index is 13.3. The van der Waals surface area contributed by atoms with Crippen LogP contribution in [0, 0.1) is 11.8 Å². The predicted molar refractivity (Wildman–Crippen MR) is 243 cm³/mol. The lowest BCUT2D eigenvalue weighted by Crippen LogP contribution is -2.43. The minimum Gasteiger partial charge on any atom is -0.465 e. The van der Waals surface area contributed by atoms with Gasteiger partial charge in [-0.2, -0.15) is 0 Å². The molecule has 330 valence electrons. The fourth-order valence-electron chi connectivity index (χ4n) is 8.22. The summed E-state index contributed by atoms with van der Waals surface area (Å²) < 4.78 is 11.9. The van der Waals surface area contributed by atoms with Gasteiger partial charge in [0.15, 0.2) is 5.11 Å². The Morgan fingerprint density at radius 1 is 0.607 bits per heavy atom. The second-order valence-corrected chi connectivity index (χ2v) is 17.6. The van der Waals surface area contributed by atoms with Crippen LogP contribution in [0.2, 0.25) is 0 Å². The van der Waals surface area contributed by atoms with Gasteiger partial charge in [-0.3, -0.25) is 9.59 Å². The molecule has 0 radical (unpaired) electrons. The molecular weight excluding hydrogens is 715 g/mol. The molecule has 0 aromatic carbocycles. The number of hydrogen-bond donors (Lipinski definition) is 1. The Morgan fingerprint density at radius 3 is 1.45 bits per heavy atom. The number of ether oxygens (including phenoxy) is 2. The monoisotopic (exact) mass is 808 g/mol. The standard InChI is InChI=1S/C48H93N3O4S/c1-6-10-14-18-20-24-34-44(32-22-16-12-8-3)46(52)54-41-29-39-51(48(56)49-36-28-38-50-37-27-26-31-43(50)5)40-30-42-55-47(53)45(33-23-17-13-9-4)35-25-21-19-15-11-7-2/h43-45H,6-42H2,1-5H3,(H,49,56).